The molecule has 1 aromatic heterocycles. The first-order valence-electron chi connectivity index (χ1n) is 8.17. The number of nitrogens with zero attached hydrogens (tertiary/aromatic N) is 1. The van der Waals surface area contributed by atoms with Gasteiger partial charge in [0, 0.05) is 19.4 Å². The van der Waals surface area contributed by atoms with Gasteiger partial charge in [0.25, 0.3) is 0 Å². The highest BCUT2D eigenvalue weighted by Crippen LogP contribution is 2.47. The van der Waals surface area contributed by atoms with E-state index in [0.29, 0.717) is 18.3 Å². The Kier molecular flexibility index (Phi) is 4.34. The average molecular weight is 290 g/mol. The summed E-state index contributed by atoms with van der Waals surface area (Å²) in [6, 6.07) is 4.29. The largest absolute Gasteiger partial charge is 0.464 e. The minimum atomic E-state index is 0.169. The number of amides is 1. The Morgan fingerprint density at radius 3 is 2.71 bits per heavy atom. The van der Waals surface area contributed by atoms with Crippen LogP contribution in [-0.2, 0) is 11.3 Å². The van der Waals surface area contributed by atoms with Gasteiger partial charge in [0.15, 0.2) is 0 Å². The molecule has 4 nitrogen and oxygen atoms in total. The minimum absolute atomic E-state index is 0.169. The normalized spacial score (nSPS) is 26.8. The molecule has 4 heteroatoms. The van der Waals surface area contributed by atoms with Crippen molar-refractivity contribution in [1.29, 1.82) is 0 Å². The average Bonchev–Trinajstić information content (AvgIpc) is 3.04. The van der Waals surface area contributed by atoms with Gasteiger partial charge in [0.05, 0.1) is 6.54 Å². The topological polar surface area (TPSA) is 45.5 Å². The third kappa shape index (κ3) is 3.67. The zero-order valence-corrected chi connectivity index (χ0v) is 13.1. The van der Waals surface area contributed by atoms with Crippen LogP contribution in [-0.4, -0.2) is 30.9 Å². The van der Waals surface area contributed by atoms with Gasteiger partial charge in [-0.05, 0) is 56.3 Å². The molecule has 0 unspecified atom stereocenters. The first-order valence-corrected chi connectivity index (χ1v) is 8.17. The number of nitrogens with one attached hydrogen (secondary N) is 1. The molecule has 1 N–H and O–H groups in total. The SMILES string of the molecule is CNC(=O)CC1CCN(Cc2ccc([C@@H]3C[C@@H]3C)o2)CC1. The van der Waals surface area contributed by atoms with E-state index in [1.807, 2.05) is 0 Å². The van der Waals surface area contributed by atoms with Gasteiger partial charge < -0.3 is 9.73 Å². The molecule has 2 fully saturated rings. The highest BCUT2D eigenvalue weighted by molar-refractivity contribution is 5.75. The predicted molar refractivity (Wildman–Crippen MR) is 81.9 cm³/mol. The Hall–Kier alpha value is -1.29. The molecule has 0 aromatic carbocycles. The Bertz CT molecular complexity index is 489. The molecule has 1 saturated carbocycles. The number of carbonyl (C=O) groups is 1. The second-order valence-corrected chi connectivity index (χ2v) is 6.72. The highest BCUT2D eigenvalue weighted by atomic mass is 16.3. The molecule has 0 bridgehead atoms. The van der Waals surface area contributed by atoms with Crippen molar-refractivity contribution in [1.82, 2.24) is 10.2 Å². The first kappa shape index (κ1) is 14.6. The van der Waals surface area contributed by atoms with E-state index in [0.717, 1.165) is 44.2 Å². The van der Waals surface area contributed by atoms with Gasteiger partial charge in [-0.3, -0.25) is 9.69 Å². The molecule has 3 rings (SSSR count). The van der Waals surface area contributed by atoms with E-state index < -0.39 is 0 Å². The summed E-state index contributed by atoms with van der Waals surface area (Å²) in [5, 5.41) is 2.72. The molecule has 1 amide bonds. The lowest BCUT2D eigenvalue weighted by atomic mass is 9.93. The summed E-state index contributed by atoms with van der Waals surface area (Å²) < 4.78 is 5.98. The van der Waals surface area contributed by atoms with Crippen LogP contribution in [0.25, 0.3) is 0 Å². The quantitative estimate of drug-likeness (QED) is 0.907. The van der Waals surface area contributed by atoms with E-state index >= 15 is 0 Å². The summed E-state index contributed by atoms with van der Waals surface area (Å²) in [5.41, 5.74) is 0. The third-order valence-electron chi connectivity index (χ3n) is 5.00. The first-order chi connectivity index (χ1) is 10.2. The number of likely N-dealkylation sites (tertiary alicyclic amines) is 1. The van der Waals surface area contributed by atoms with Gasteiger partial charge in [-0.15, -0.1) is 0 Å². The van der Waals surface area contributed by atoms with Crippen molar-refractivity contribution in [3.05, 3.63) is 23.7 Å². The van der Waals surface area contributed by atoms with Crippen molar-refractivity contribution in [3.8, 4) is 0 Å². The van der Waals surface area contributed by atoms with E-state index in [1.165, 1.54) is 12.2 Å². The van der Waals surface area contributed by atoms with Crippen molar-refractivity contribution in [2.24, 2.45) is 11.8 Å². The number of hydrogen-bond donors (Lipinski definition) is 1. The molecule has 2 heterocycles. The maximum absolute atomic E-state index is 11.4. The second kappa shape index (κ2) is 6.22. The summed E-state index contributed by atoms with van der Waals surface area (Å²) in [6.07, 6.45) is 4.17. The van der Waals surface area contributed by atoms with Gasteiger partial charge in [0.2, 0.25) is 5.91 Å². The molecule has 1 aliphatic carbocycles. The zero-order chi connectivity index (χ0) is 14.8. The molecule has 1 aromatic rings. The van der Waals surface area contributed by atoms with Crippen molar-refractivity contribution in [2.45, 2.75) is 45.1 Å². The van der Waals surface area contributed by atoms with Crippen LogP contribution in [0.3, 0.4) is 0 Å². The highest BCUT2D eigenvalue weighted by Gasteiger charge is 2.36. The van der Waals surface area contributed by atoms with Crippen molar-refractivity contribution < 1.29 is 9.21 Å². The Morgan fingerprint density at radius 2 is 2.10 bits per heavy atom. The number of piperidine rings is 1. The fourth-order valence-corrected chi connectivity index (χ4v) is 3.33. The van der Waals surface area contributed by atoms with E-state index in [9.17, 15) is 4.79 Å². The van der Waals surface area contributed by atoms with Crippen LogP contribution >= 0.6 is 0 Å². The summed E-state index contributed by atoms with van der Waals surface area (Å²) in [4.78, 5) is 13.9. The van der Waals surface area contributed by atoms with E-state index in [4.69, 9.17) is 4.42 Å². The summed E-state index contributed by atoms with van der Waals surface area (Å²) in [7, 11) is 1.71. The molecule has 2 aliphatic rings. The van der Waals surface area contributed by atoms with Crippen molar-refractivity contribution >= 4 is 5.91 Å². The number of rotatable bonds is 5. The number of carbonyl (C=O) groups excluding carboxylic acids is 1. The van der Waals surface area contributed by atoms with Crippen LogP contribution in [0.2, 0.25) is 0 Å². The standard InChI is InChI=1S/C17H26N2O2/c1-12-9-15(12)16-4-3-14(21-16)11-19-7-5-13(6-8-19)10-17(20)18-2/h3-4,12-13,15H,5-11H2,1-2H3,(H,18,20)/t12-,15+/m0/s1. The molecule has 21 heavy (non-hydrogen) atoms. The van der Waals surface area contributed by atoms with Crippen LogP contribution in [0.1, 0.15) is 50.0 Å². The molecule has 1 aliphatic heterocycles. The van der Waals surface area contributed by atoms with Crippen LogP contribution in [0.4, 0.5) is 0 Å². The summed E-state index contributed by atoms with van der Waals surface area (Å²) in [6.45, 7) is 5.33. The van der Waals surface area contributed by atoms with Crippen molar-refractivity contribution in [2.75, 3.05) is 20.1 Å². The Morgan fingerprint density at radius 1 is 1.38 bits per heavy atom. The fraction of sp³-hybridized carbons (Fsp3) is 0.706. The van der Waals surface area contributed by atoms with Gasteiger partial charge in [-0.2, -0.15) is 0 Å². The second-order valence-electron chi connectivity index (χ2n) is 6.72. The maximum atomic E-state index is 11.4. The van der Waals surface area contributed by atoms with Gasteiger partial charge >= 0.3 is 0 Å². The molecular formula is C17H26N2O2. The lowest BCUT2D eigenvalue weighted by Gasteiger charge is -2.30. The van der Waals surface area contributed by atoms with Crippen LogP contribution in [0.5, 0.6) is 0 Å². The van der Waals surface area contributed by atoms with Crippen LogP contribution in [0, 0.1) is 11.8 Å². The maximum Gasteiger partial charge on any atom is 0.220 e. The van der Waals surface area contributed by atoms with Gasteiger partial charge in [-0.25, -0.2) is 0 Å². The Labute approximate surface area is 126 Å². The lowest BCUT2D eigenvalue weighted by Crippen LogP contribution is -2.34. The van der Waals surface area contributed by atoms with Crippen molar-refractivity contribution in [3.63, 3.8) is 0 Å². The summed E-state index contributed by atoms with van der Waals surface area (Å²) >= 11 is 0. The van der Waals surface area contributed by atoms with Gasteiger partial charge in [-0.1, -0.05) is 6.92 Å². The van der Waals surface area contributed by atoms with E-state index in [2.05, 4.69) is 29.3 Å². The molecule has 1 saturated heterocycles. The number of hydrogen-bond acceptors (Lipinski definition) is 3. The third-order valence-corrected chi connectivity index (χ3v) is 5.00. The molecular weight excluding hydrogens is 264 g/mol. The molecule has 116 valence electrons. The smallest absolute Gasteiger partial charge is 0.220 e. The Balaban J connectivity index is 1.45. The van der Waals surface area contributed by atoms with E-state index in [1.54, 1.807) is 7.05 Å². The molecule has 2 atom stereocenters. The van der Waals surface area contributed by atoms with E-state index in [-0.39, 0.29) is 5.91 Å². The van der Waals surface area contributed by atoms with Crippen LogP contribution in [0.15, 0.2) is 16.5 Å². The van der Waals surface area contributed by atoms with Crippen LogP contribution < -0.4 is 5.32 Å². The van der Waals surface area contributed by atoms with Gasteiger partial charge in [0.1, 0.15) is 11.5 Å². The lowest BCUT2D eigenvalue weighted by molar-refractivity contribution is -0.121. The predicted octanol–water partition coefficient (Wildman–Crippen LogP) is 2.75. The zero-order valence-electron chi connectivity index (χ0n) is 13.1. The monoisotopic (exact) mass is 290 g/mol. The molecule has 0 radical (unpaired) electrons. The summed E-state index contributed by atoms with van der Waals surface area (Å²) in [5.74, 6) is 4.44. The molecule has 0 spiro atoms. The minimum Gasteiger partial charge on any atom is -0.464 e. The fourth-order valence-electron chi connectivity index (χ4n) is 3.33. The number of furan rings is 1.